The Morgan fingerprint density at radius 2 is 2.00 bits per heavy atom. The van der Waals surface area contributed by atoms with Crippen molar-refractivity contribution in [2.24, 2.45) is 4.99 Å². The van der Waals surface area contributed by atoms with Gasteiger partial charge in [-0.05, 0) is 51.3 Å². The molecule has 0 atom stereocenters. The molecule has 1 aromatic carbocycles. The van der Waals surface area contributed by atoms with Crippen LogP contribution in [0.2, 0.25) is 10.0 Å². The first kappa shape index (κ1) is 22.0. The summed E-state index contributed by atoms with van der Waals surface area (Å²) in [7, 11) is 0. The first-order chi connectivity index (χ1) is 13.5. The Bertz CT molecular complexity index is 786. The maximum absolute atomic E-state index is 6.14. The number of unbranched alkanes of at least 4 members (excludes halogenated alkanes) is 3. The van der Waals surface area contributed by atoms with Crippen molar-refractivity contribution >= 4 is 40.9 Å². The average molecular weight is 422 g/mol. The Hall–Kier alpha value is -2.31. The second-order valence-corrected chi connectivity index (χ2v) is 6.99. The highest BCUT2D eigenvalue weighted by molar-refractivity contribution is 6.35. The van der Waals surface area contributed by atoms with Gasteiger partial charge in [0.25, 0.3) is 0 Å². The van der Waals surface area contributed by atoms with E-state index in [-0.39, 0.29) is 0 Å². The van der Waals surface area contributed by atoms with Crippen molar-refractivity contribution < 1.29 is 4.74 Å². The zero-order chi connectivity index (χ0) is 20.4. The largest absolute Gasteiger partial charge is 0.480 e. The van der Waals surface area contributed by atoms with Crippen molar-refractivity contribution in [3.8, 4) is 0 Å². The van der Waals surface area contributed by atoms with E-state index in [4.69, 9.17) is 33.7 Å². The second-order valence-electron chi connectivity index (χ2n) is 6.18. The summed E-state index contributed by atoms with van der Waals surface area (Å²) in [5.41, 5.74) is 8.05. The lowest BCUT2D eigenvalue weighted by molar-refractivity contribution is 0.186. The molecule has 0 bridgehead atoms. The molecule has 0 aliphatic heterocycles. The molecule has 0 saturated heterocycles. The number of halogens is 2. The second kappa shape index (κ2) is 11.5. The van der Waals surface area contributed by atoms with Crippen LogP contribution in [0.3, 0.4) is 0 Å². The molecule has 3 N–H and O–H groups in total. The summed E-state index contributed by atoms with van der Waals surface area (Å²) in [6.07, 6.45) is 7.12. The molecule has 1 aromatic heterocycles. The number of aryl methyl sites for hydroxylation is 1. The van der Waals surface area contributed by atoms with E-state index < -0.39 is 0 Å². The van der Waals surface area contributed by atoms with Crippen LogP contribution in [-0.2, 0) is 11.3 Å². The van der Waals surface area contributed by atoms with E-state index in [2.05, 4.69) is 26.9 Å². The third-order valence-corrected chi connectivity index (χ3v) is 4.74. The van der Waals surface area contributed by atoms with Crippen molar-refractivity contribution in [1.82, 2.24) is 15.3 Å². The summed E-state index contributed by atoms with van der Waals surface area (Å²) < 4.78 is 5.59. The van der Waals surface area contributed by atoms with E-state index in [1.54, 1.807) is 12.1 Å². The molecule has 28 heavy (non-hydrogen) atoms. The van der Waals surface area contributed by atoms with Gasteiger partial charge in [-0.3, -0.25) is 4.99 Å². The predicted octanol–water partition coefficient (Wildman–Crippen LogP) is 5.21. The van der Waals surface area contributed by atoms with Gasteiger partial charge in [-0.2, -0.15) is 0 Å². The summed E-state index contributed by atoms with van der Waals surface area (Å²) in [5, 5.41) is 4.33. The Balaban J connectivity index is 1.58. The summed E-state index contributed by atoms with van der Waals surface area (Å²) in [6.45, 7) is 6.79. The zero-order valence-corrected chi connectivity index (χ0v) is 17.4. The maximum Gasteiger partial charge on any atom is 0.179 e. The standard InChI is InChI=1S/C20H25Cl2N5O/c1-14-19(20(23)27-13-26-14)24-10-5-3-4-6-11-28-15(2)25-12-16-17(21)8-7-9-18(16)22/h7-10,13,25H,2-6,11-12H2,1H3,(H2,23,26,27)/b24-10-. The van der Waals surface area contributed by atoms with Crippen LogP contribution < -0.4 is 11.1 Å². The molecule has 1 heterocycles. The minimum Gasteiger partial charge on any atom is -0.480 e. The number of hydrogen-bond acceptors (Lipinski definition) is 6. The van der Waals surface area contributed by atoms with Crippen LogP contribution in [0.4, 0.5) is 11.5 Å². The van der Waals surface area contributed by atoms with E-state index in [1.165, 1.54) is 6.33 Å². The van der Waals surface area contributed by atoms with Crippen molar-refractivity contribution in [3.05, 3.63) is 58.3 Å². The van der Waals surface area contributed by atoms with Crippen molar-refractivity contribution in [2.45, 2.75) is 39.2 Å². The van der Waals surface area contributed by atoms with Gasteiger partial charge in [0, 0.05) is 28.4 Å². The Labute approximate surface area is 175 Å². The lowest BCUT2D eigenvalue weighted by atomic mass is 10.2. The number of ether oxygens (including phenoxy) is 1. The third-order valence-electron chi connectivity index (χ3n) is 4.03. The summed E-state index contributed by atoms with van der Waals surface area (Å²) in [4.78, 5) is 12.4. The molecule has 2 aromatic rings. The van der Waals surface area contributed by atoms with Gasteiger partial charge in [-0.15, -0.1) is 0 Å². The van der Waals surface area contributed by atoms with Crippen LogP contribution in [0.1, 0.15) is 36.9 Å². The molecule has 8 heteroatoms. The van der Waals surface area contributed by atoms with Crippen molar-refractivity contribution in [2.75, 3.05) is 12.3 Å². The third kappa shape index (κ3) is 7.02. The topological polar surface area (TPSA) is 85.4 Å². The highest BCUT2D eigenvalue weighted by Crippen LogP contribution is 2.24. The van der Waals surface area contributed by atoms with Gasteiger partial charge >= 0.3 is 0 Å². The van der Waals surface area contributed by atoms with Gasteiger partial charge in [0.05, 0.1) is 12.3 Å². The lowest BCUT2D eigenvalue weighted by Crippen LogP contribution is -2.15. The Morgan fingerprint density at radius 1 is 1.25 bits per heavy atom. The molecule has 0 unspecified atom stereocenters. The maximum atomic E-state index is 6.14. The fourth-order valence-electron chi connectivity index (χ4n) is 2.45. The molecule has 150 valence electrons. The van der Waals surface area contributed by atoms with Gasteiger partial charge in [0.1, 0.15) is 12.0 Å². The molecule has 0 saturated carbocycles. The van der Waals surface area contributed by atoms with Crippen LogP contribution in [-0.4, -0.2) is 22.8 Å². The molecular weight excluding hydrogens is 397 g/mol. The normalized spacial score (nSPS) is 11.0. The van der Waals surface area contributed by atoms with Crippen LogP contribution in [0.15, 0.2) is 42.0 Å². The fourth-order valence-corrected chi connectivity index (χ4v) is 2.98. The summed E-state index contributed by atoms with van der Waals surface area (Å²) in [6, 6.07) is 5.42. The molecule has 0 aliphatic rings. The summed E-state index contributed by atoms with van der Waals surface area (Å²) in [5.74, 6) is 0.911. The van der Waals surface area contributed by atoms with E-state index in [0.717, 1.165) is 36.9 Å². The number of anilines is 1. The average Bonchev–Trinajstić information content (AvgIpc) is 2.65. The molecular formula is C20H25Cl2N5O. The molecule has 0 spiro atoms. The van der Waals surface area contributed by atoms with Crippen LogP contribution in [0.5, 0.6) is 0 Å². The van der Waals surface area contributed by atoms with Crippen molar-refractivity contribution in [1.29, 1.82) is 0 Å². The molecule has 0 radical (unpaired) electrons. The van der Waals surface area contributed by atoms with E-state index in [1.807, 2.05) is 19.2 Å². The lowest BCUT2D eigenvalue weighted by Gasteiger charge is -2.13. The SMILES string of the molecule is C=C(NCc1c(Cl)cccc1Cl)OCCCCC/C=N\c1c(C)ncnc1N. The fraction of sp³-hybridized carbons (Fsp3) is 0.350. The van der Waals surface area contributed by atoms with Crippen LogP contribution >= 0.6 is 23.2 Å². The number of nitrogens with zero attached hydrogens (tertiary/aromatic N) is 3. The van der Waals surface area contributed by atoms with Gasteiger partial charge in [0.2, 0.25) is 0 Å². The molecule has 2 rings (SSSR count). The quantitative estimate of drug-likeness (QED) is 0.295. The van der Waals surface area contributed by atoms with Crippen molar-refractivity contribution in [3.63, 3.8) is 0 Å². The number of nitrogens with two attached hydrogens (primary N) is 1. The van der Waals surface area contributed by atoms with Gasteiger partial charge in [-0.25, -0.2) is 9.97 Å². The minimum atomic E-state index is 0.404. The number of aliphatic imine (C=N–C) groups is 1. The van der Waals surface area contributed by atoms with Crippen LogP contribution in [0.25, 0.3) is 0 Å². The summed E-state index contributed by atoms with van der Waals surface area (Å²) >= 11 is 12.3. The predicted molar refractivity (Wildman–Crippen MR) is 116 cm³/mol. The number of hydrogen-bond donors (Lipinski definition) is 2. The monoisotopic (exact) mass is 421 g/mol. The number of nitrogen functional groups attached to an aromatic ring is 1. The molecule has 0 fully saturated rings. The minimum absolute atomic E-state index is 0.404. The van der Waals surface area contributed by atoms with E-state index >= 15 is 0 Å². The number of benzene rings is 1. The Kier molecular flexibility index (Phi) is 9.04. The van der Waals surface area contributed by atoms with Gasteiger partial charge < -0.3 is 15.8 Å². The number of nitrogens with one attached hydrogen (secondary N) is 1. The molecule has 0 aliphatic carbocycles. The first-order valence-corrected chi connectivity index (χ1v) is 9.82. The van der Waals surface area contributed by atoms with Crippen LogP contribution in [0, 0.1) is 6.92 Å². The highest BCUT2D eigenvalue weighted by atomic mass is 35.5. The van der Waals surface area contributed by atoms with E-state index in [0.29, 0.717) is 40.6 Å². The zero-order valence-electron chi connectivity index (χ0n) is 15.9. The number of rotatable bonds is 11. The molecule has 6 nitrogen and oxygen atoms in total. The molecule has 0 amide bonds. The highest BCUT2D eigenvalue weighted by Gasteiger charge is 2.05. The smallest absolute Gasteiger partial charge is 0.179 e. The number of aromatic nitrogens is 2. The van der Waals surface area contributed by atoms with Gasteiger partial charge in [0.15, 0.2) is 11.7 Å². The first-order valence-electron chi connectivity index (χ1n) is 9.07. The van der Waals surface area contributed by atoms with E-state index in [9.17, 15) is 0 Å². The Morgan fingerprint density at radius 3 is 2.71 bits per heavy atom. The van der Waals surface area contributed by atoms with Gasteiger partial charge in [-0.1, -0.05) is 29.3 Å².